The minimum absolute atomic E-state index is 0.133. The SMILES string of the molecule is O=C(O)C[C@@H]1CNc2ccccc21. The topological polar surface area (TPSA) is 49.3 Å². The monoisotopic (exact) mass is 177 g/mol. The first-order chi connectivity index (χ1) is 6.27. The summed E-state index contributed by atoms with van der Waals surface area (Å²) in [5, 5.41) is 11.9. The highest BCUT2D eigenvalue weighted by Gasteiger charge is 2.23. The van der Waals surface area contributed by atoms with E-state index in [1.807, 2.05) is 24.3 Å². The molecule has 0 aromatic heterocycles. The number of nitrogens with one attached hydrogen (secondary N) is 1. The zero-order chi connectivity index (χ0) is 9.26. The van der Waals surface area contributed by atoms with E-state index in [2.05, 4.69) is 5.32 Å². The molecule has 1 aromatic rings. The molecule has 0 saturated heterocycles. The molecule has 68 valence electrons. The Balaban J connectivity index is 2.23. The number of benzene rings is 1. The van der Waals surface area contributed by atoms with Gasteiger partial charge in [-0.1, -0.05) is 18.2 Å². The summed E-state index contributed by atoms with van der Waals surface area (Å²) in [5.74, 6) is -0.600. The highest BCUT2D eigenvalue weighted by molar-refractivity contribution is 5.70. The molecule has 0 amide bonds. The van der Waals surface area contributed by atoms with Crippen molar-refractivity contribution in [1.29, 1.82) is 0 Å². The lowest BCUT2D eigenvalue weighted by atomic mass is 9.98. The lowest BCUT2D eigenvalue weighted by Gasteiger charge is -2.05. The van der Waals surface area contributed by atoms with E-state index in [1.54, 1.807) is 0 Å². The predicted octanol–water partition coefficient (Wildman–Crippen LogP) is 1.67. The first kappa shape index (κ1) is 8.10. The van der Waals surface area contributed by atoms with Gasteiger partial charge in [-0.25, -0.2) is 0 Å². The fourth-order valence-corrected chi connectivity index (χ4v) is 1.75. The van der Waals surface area contributed by atoms with Crippen LogP contribution in [-0.4, -0.2) is 17.6 Å². The Hall–Kier alpha value is -1.51. The third-order valence-corrected chi connectivity index (χ3v) is 2.36. The van der Waals surface area contributed by atoms with E-state index in [1.165, 1.54) is 0 Å². The summed E-state index contributed by atoms with van der Waals surface area (Å²) >= 11 is 0. The lowest BCUT2D eigenvalue weighted by molar-refractivity contribution is -0.137. The van der Waals surface area contributed by atoms with Crippen LogP contribution < -0.4 is 5.32 Å². The number of carbonyl (C=O) groups is 1. The summed E-state index contributed by atoms with van der Waals surface area (Å²) in [6, 6.07) is 7.87. The van der Waals surface area contributed by atoms with Gasteiger partial charge in [0.1, 0.15) is 0 Å². The molecule has 0 saturated carbocycles. The maximum atomic E-state index is 10.5. The van der Waals surface area contributed by atoms with Crippen LogP contribution in [0.15, 0.2) is 24.3 Å². The second-order valence-electron chi connectivity index (χ2n) is 3.26. The smallest absolute Gasteiger partial charge is 0.304 e. The van der Waals surface area contributed by atoms with E-state index < -0.39 is 5.97 Å². The summed E-state index contributed by atoms with van der Waals surface area (Å²) in [4.78, 5) is 10.5. The maximum Gasteiger partial charge on any atom is 0.304 e. The Labute approximate surface area is 76.4 Å². The molecule has 0 radical (unpaired) electrons. The van der Waals surface area contributed by atoms with Crippen molar-refractivity contribution in [2.75, 3.05) is 11.9 Å². The number of fused-ring (bicyclic) bond motifs is 1. The molecule has 1 aliphatic heterocycles. The molecule has 2 rings (SSSR count). The lowest BCUT2D eigenvalue weighted by Crippen LogP contribution is -2.07. The molecule has 0 aliphatic carbocycles. The van der Waals surface area contributed by atoms with Gasteiger partial charge < -0.3 is 10.4 Å². The Morgan fingerprint density at radius 3 is 3.08 bits per heavy atom. The minimum atomic E-state index is -0.733. The van der Waals surface area contributed by atoms with Crippen LogP contribution in [0.4, 0.5) is 5.69 Å². The number of anilines is 1. The predicted molar refractivity (Wildman–Crippen MR) is 49.9 cm³/mol. The van der Waals surface area contributed by atoms with Crippen LogP contribution in [0, 0.1) is 0 Å². The van der Waals surface area contributed by atoms with Gasteiger partial charge in [-0.2, -0.15) is 0 Å². The standard InChI is InChI=1S/C10H11NO2/c12-10(13)5-7-6-11-9-4-2-1-3-8(7)9/h1-4,7,11H,5-6H2,(H,12,13)/t7-/m1/s1. The van der Waals surface area contributed by atoms with Crippen molar-refractivity contribution in [2.24, 2.45) is 0 Å². The summed E-state index contributed by atoms with van der Waals surface area (Å²) in [5.41, 5.74) is 2.21. The first-order valence-electron chi connectivity index (χ1n) is 4.32. The zero-order valence-electron chi connectivity index (χ0n) is 7.16. The van der Waals surface area contributed by atoms with E-state index >= 15 is 0 Å². The van der Waals surface area contributed by atoms with Gasteiger partial charge in [0.25, 0.3) is 0 Å². The van der Waals surface area contributed by atoms with Crippen molar-refractivity contribution in [2.45, 2.75) is 12.3 Å². The number of hydrogen-bond donors (Lipinski definition) is 2. The number of carboxylic acid groups (broad SMARTS) is 1. The van der Waals surface area contributed by atoms with Gasteiger partial charge >= 0.3 is 5.97 Å². The van der Waals surface area contributed by atoms with E-state index in [4.69, 9.17) is 5.11 Å². The van der Waals surface area contributed by atoms with Gasteiger partial charge in [0.15, 0.2) is 0 Å². The molecule has 3 nitrogen and oxygen atoms in total. The minimum Gasteiger partial charge on any atom is -0.481 e. The Morgan fingerprint density at radius 2 is 2.31 bits per heavy atom. The number of aliphatic carboxylic acids is 1. The quantitative estimate of drug-likeness (QED) is 0.722. The van der Waals surface area contributed by atoms with Gasteiger partial charge in [0, 0.05) is 18.2 Å². The Kier molecular flexibility index (Phi) is 1.93. The molecule has 2 N–H and O–H groups in total. The van der Waals surface area contributed by atoms with Gasteiger partial charge in [-0.15, -0.1) is 0 Å². The molecule has 0 bridgehead atoms. The molecular weight excluding hydrogens is 166 g/mol. The number of rotatable bonds is 2. The van der Waals surface area contributed by atoms with Crippen molar-refractivity contribution in [3.63, 3.8) is 0 Å². The third kappa shape index (κ3) is 1.49. The van der Waals surface area contributed by atoms with Crippen LogP contribution >= 0.6 is 0 Å². The normalized spacial score (nSPS) is 19.2. The van der Waals surface area contributed by atoms with Crippen molar-refractivity contribution in [1.82, 2.24) is 0 Å². The van der Waals surface area contributed by atoms with Crippen LogP contribution in [0.3, 0.4) is 0 Å². The molecule has 1 heterocycles. The highest BCUT2D eigenvalue weighted by Crippen LogP contribution is 2.32. The Morgan fingerprint density at radius 1 is 1.54 bits per heavy atom. The van der Waals surface area contributed by atoms with Crippen LogP contribution in [0.25, 0.3) is 0 Å². The summed E-state index contributed by atoms with van der Waals surface area (Å²) in [6.07, 6.45) is 0.212. The Bertz CT molecular complexity index is 335. The van der Waals surface area contributed by atoms with Crippen molar-refractivity contribution in [3.8, 4) is 0 Å². The van der Waals surface area contributed by atoms with Gasteiger partial charge in [-0.3, -0.25) is 4.79 Å². The van der Waals surface area contributed by atoms with Gasteiger partial charge in [-0.05, 0) is 11.6 Å². The second-order valence-corrected chi connectivity index (χ2v) is 3.26. The van der Waals surface area contributed by atoms with Crippen LogP contribution in [0.2, 0.25) is 0 Å². The van der Waals surface area contributed by atoms with E-state index in [0.717, 1.165) is 17.8 Å². The van der Waals surface area contributed by atoms with Crippen LogP contribution in [0.5, 0.6) is 0 Å². The molecule has 3 heteroatoms. The van der Waals surface area contributed by atoms with Crippen molar-refractivity contribution < 1.29 is 9.90 Å². The molecule has 0 spiro atoms. The summed E-state index contributed by atoms with van der Waals surface area (Å²) in [7, 11) is 0. The average molecular weight is 177 g/mol. The summed E-state index contributed by atoms with van der Waals surface area (Å²) < 4.78 is 0. The first-order valence-corrected chi connectivity index (χ1v) is 4.32. The van der Waals surface area contributed by atoms with E-state index in [-0.39, 0.29) is 12.3 Å². The third-order valence-electron chi connectivity index (χ3n) is 2.36. The van der Waals surface area contributed by atoms with Gasteiger partial charge in [0.05, 0.1) is 6.42 Å². The molecule has 13 heavy (non-hydrogen) atoms. The van der Waals surface area contributed by atoms with Crippen molar-refractivity contribution >= 4 is 11.7 Å². The van der Waals surface area contributed by atoms with Crippen LogP contribution in [-0.2, 0) is 4.79 Å². The highest BCUT2D eigenvalue weighted by atomic mass is 16.4. The summed E-state index contributed by atoms with van der Waals surface area (Å²) in [6.45, 7) is 0.742. The second kappa shape index (κ2) is 3.09. The molecular formula is C10H11NO2. The molecule has 1 aliphatic rings. The number of para-hydroxylation sites is 1. The number of carboxylic acids is 1. The van der Waals surface area contributed by atoms with E-state index in [0.29, 0.717) is 0 Å². The molecule has 1 aromatic carbocycles. The molecule has 1 atom stereocenters. The van der Waals surface area contributed by atoms with E-state index in [9.17, 15) is 4.79 Å². The molecule has 0 fully saturated rings. The fraction of sp³-hybridized carbons (Fsp3) is 0.300. The maximum absolute atomic E-state index is 10.5. The zero-order valence-corrected chi connectivity index (χ0v) is 7.16. The van der Waals surface area contributed by atoms with Crippen LogP contribution in [0.1, 0.15) is 17.9 Å². The largest absolute Gasteiger partial charge is 0.481 e. The average Bonchev–Trinajstić information content (AvgIpc) is 2.48. The number of hydrogen-bond acceptors (Lipinski definition) is 2. The fourth-order valence-electron chi connectivity index (χ4n) is 1.75. The van der Waals surface area contributed by atoms with Gasteiger partial charge in [0.2, 0.25) is 0 Å². The van der Waals surface area contributed by atoms with Crippen molar-refractivity contribution in [3.05, 3.63) is 29.8 Å². The molecule has 0 unspecified atom stereocenters.